The average Bonchev–Trinajstić information content (AvgIpc) is 2.99. The number of benzene rings is 2. The molecule has 0 fully saturated rings. The second-order valence-electron chi connectivity index (χ2n) is 6.77. The van der Waals surface area contributed by atoms with E-state index in [1.54, 1.807) is 0 Å². The van der Waals surface area contributed by atoms with Crippen LogP contribution in [0.1, 0.15) is 29.9 Å². The van der Waals surface area contributed by atoms with Gasteiger partial charge in [-0.05, 0) is 28.7 Å². The lowest BCUT2D eigenvalue weighted by Crippen LogP contribution is -2.43. The number of nitrogens with zero attached hydrogens (tertiary/aromatic N) is 1. The smallest absolute Gasteiger partial charge is 0.410 e. The van der Waals surface area contributed by atoms with Crippen molar-refractivity contribution in [2.75, 3.05) is 13.7 Å². The molecule has 2 aromatic carbocycles. The second kappa shape index (κ2) is 8.12. The summed E-state index contributed by atoms with van der Waals surface area (Å²) in [7, 11) is 1.35. The number of carbonyl (C=O) groups excluding carboxylic acids is 2. The predicted molar refractivity (Wildman–Crippen MR) is 103 cm³/mol. The molecule has 2 aromatic rings. The number of aliphatic carboxylic acids is 1. The number of amides is 2. The zero-order chi connectivity index (χ0) is 20.3. The van der Waals surface area contributed by atoms with Gasteiger partial charge in [-0.25, -0.2) is 9.59 Å². The maximum atomic E-state index is 12.4. The lowest BCUT2D eigenvalue weighted by atomic mass is 9.98. The van der Waals surface area contributed by atoms with Gasteiger partial charge < -0.3 is 15.6 Å². The van der Waals surface area contributed by atoms with Gasteiger partial charge in [0.1, 0.15) is 12.6 Å². The second-order valence-corrected chi connectivity index (χ2v) is 6.77. The summed E-state index contributed by atoms with van der Waals surface area (Å²) < 4.78 is 5.45. The highest BCUT2D eigenvalue weighted by atomic mass is 16.6. The maximum Gasteiger partial charge on any atom is 0.410 e. The van der Waals surface area contributed by atoms with E-state index >= 15 is 0 Å². The van der Waals surface area contributed by atoms with Gasteiger partial charge in [0.05, 0.1) is 0 Å². The molecular formula is C21H22N2O5. The molecule has 3 N–H and O–H groups in total. The Bertz CT molecular complexity index is 866. The summed E-state index contributed by atoms with van der Waals surface area (Å²) in [6.45, 7) is 0.0966. The Kier molecular flexibility index (Phi) is 5.63. The van der Waals surface area contributed by atoms with Crippen LogP contribution in [-0.2, 0) is 14.3 Å². The topological polar surface area (TPSA) is 110 Å². The van der Waals surface area contributed by atoms with Crippen LogP contribution in [0.2, 0.25) is 0 Å². The molecule has 0 aromatic heterocycles. The molecule has 0 radical (unpaired) electrons. The fraction of sp³-hybridized carbons (Fsp3) is 0.286. The number of carbonyl (C=O) groups is 3. The Morgan fingerprint density at radius 3 is 2.11 bits per heavy atom. The number of hydrogen-bond donors (Lipinski definition) is 2. The van der Waals surface area contributed by atoms with E-state index in [0.29, 0.717) is 0 Å². The van der Waals surface area contributed by atoms with E-state index in [1.165, 1.54) is 7.05 Å². The minimum Gasteiger partial charge on any atom is -0.480 e. The number of rotatable bonds is 7. The summed E-state index contributed by atoms with van der Waals surface area (Å²) in [5.41, 5.74) is 9.44. The molecule has 1 atom stereocenters. The number of ether oxygens (including phenoxy) is 1. The first-order valence-corrected chi connectivity index (χ1v) is 8.99. The molecule has 3 rings (SSSR count). The molecule has 0 saturated heterocycles. The van der Waals surface area contributed by atoms with Crippen molar-refractivity contribution >= 4 is 18.0 Å². The van der Waals surface area contributed by atoms with Gasteiger partial charge in [0.25, 0.3) is 0 Å². The van der Waals surface area contributed by atoms with Crippen molar-refractivity contribution in [2.45, 2.75) is 24.8 Å². The van der Waals surface area contributed by atoms with Crippen LogP contribution in [0.15, 0.2) is 48.5 Å². The minimum absolute atomic E-state index is 0.0641. The molecule has 7 heteroatoms. The molecule has 1 aliphatic rings. The summed E-state index contributed by atoms with van der Waals surface area (Å²) in [6.07, 6.45) is -0.942. The van der Waals surface area contributed by atoms with E-state index in [0.717, 1.165) is 27.2 Å². The number of fused-ring (bicyclic) bond motifs is 3. The van der Waals surface area contributed by atoms with Crippen molar-refractivity contribution in [3.63, 3.8) is 0 Å². The summed E-state index contributed by atoms with van der Waals surface area (Å²) >= 11 is 0. The van der Waals surface area contributed by atoms with Crippen LogP contribution in [0.4, 0.5) is 4.79 Å². The van der Waals surface area contributed by atoms with Crippen LogP contribution in [0.25, 0.3) is 11.1 Å². The Balaban J connectivity index is 1.72. The fourth-order valence-corrected chi connectivity index (χ4v) is 3.58. The molecule has 0 unspecified atom stereocenters. The van der Waals surface area contributed by atoms with E-state index in [1.807, 2.05) is 48.5 Å². The molecule has 0 aliphatic heterocycles. The van der Waals surface area contributed by atoms with Gasteiger partial charge in [0, 0.05) is 19.4 Å². The van der Waals surface area contributed by atoms with Gasteiger partial charge in [0.2, 0.25) is 5.91 Å². The Hall–Kier alpha value is -3.35. The first kappa shape index (κ1) is 19.4. The first-order valence-electron chi connectivity index (χ1n) is 8.99. The Morgan fingerprint density at radius 2 is 1.61 bits per heavy atom. The SMILES string of the molecule is CN(C(=O)OCC1c2ccccc2-c2ccccc21)[C@H](CCC(N)=O)C(=O)O. The van der Waals surface area contributed by atoms with E-state index in [-0.39, 0.29) is 25.4 Å². The van der Waals surface area contributed by atoms with Crippen LogP contribution < -0.4 is 5.73 Å². The number of carboxylic acid groups (broad SMARTS) is 1. The van der Waals surface area contributed by atoms with Crippen molar-refractivity contribution in [2.24, 2.45) is 5.73 Å². The molecule has 7 nitrogen and oxygen atoms in total. The molecule has 0 heterocycles. The monoisotopic (exact) mass is 382 g/mol. The van der Waals surface area contributed by atoms with Crippen molar-refractivity contribution in [1.82, 2.24) is 4.90 Å². The van der Waals surface area contributed by atoms with E-state index in [2.05, 4.69) is 0 Å². The molecule has 2 amide bonds. The predicted octanol–water partition coefficient (Wildman–Crippen LogP) is 2.59. The van der Waals surface area contributed by atoms with Gasteiger partial charge >= 0.3 is 12.1 Å². The Morgan fingerprint density at radius 1 is 1.07 bits per heavy atom. The van der Waals surface area contributed by atoms with Crippen molar-refractivity contribution in [3.8, 4) is 11.1 Å². The third kappa shape index (κ3) is 3.83. The standard InChI is InChI=1S/C21H22N2O5/c1-23(18(20(25)26)10-11-19(22)24)21(27)28-12-17-15-8-4-2-6-13(15)14-7-3-5-9-16(14)17/h2-9,17-18H,10-12H2,1H3,(H2,22,24)(H,25,26)/t18-/m1/s1. The molecule has 1 aliphatic carbocycles. The van der Waals surface area contributed by atoms with E-state index in [9.17, 15) is 19.5 Å². The van der Waals surface area contributed by atoms with E-state index in [4.69, 9.17) is 10.5 Å². The highest BCUT2D eigenvalue weighted by Crippen LogP contribution is 2.44. The molecule has 28 heavy (non-hydrogen) atoms. The molecular weight excluding hydrogens is 360 g/mol. The number of primary amides is 1. The zero-order valence-electron chi connectivity index (χ0n) is 15.5. The lowest BCUT2D eigenvalue weighted by molar-refractivity contribution is -0.142. The fourth-order valence-electron chi connectivity index (χ4n) is 3.58. The van der Waals surface area contributed by atoms with Crippen LogP contribution in [0.3, 0.4) is 0 Å². The van der Waals surface area contributed by atoms with Crippen LogP contribution in [-0.4, -0.2) is 47.7 Å². The average molecular weight is 382 g/mol. The van der Waals surface area contributed by atoms with Crippen LogP contribution in [0, 0.1) is 0 Å². The summed E-state index contributed by atoms with van der Waals surface area (Å²) in [6, 6.07) is 14.7. The van der Waals surface area contributed by atoms with Gasteiger partial charge in [0.15, 0.2) is 0 Å². The summed E-state index contributed by atoms with van der Waals surface area (Å²) in [5.74, 6) is -1.94. The summed E-state index contributed by atoms with van der Waals surface area (Å²) in [5, 5.41) is 9.34. The maximum absolute atomic E-state index is 12.4. The van der Waals surface area contributed by atoms with Gasteiger partial charge in [-0.1, -0.05) is 48.5 Å². The van der Waals surface area contributed by atoms with Crippen molar-refractivity contribution in [1.29, 1.82) is 0 Å². The molecule has 146 valence electrons. The molecule has 0 spiro atoms. The number of carboxylic acids is 1. The first-order chi connectivity index (χ1) is 13.4. The minimum atomic E-state index is -1.21. The van der Waals surface area contributed by atoms with Gasteiger partial charge in [-0.2, -0.15) is 0 Å². The quantitative estimate of drug-likeness (QED) is 0.765. The normalized spacial score (nSPS) is 13.3. The third-order valence-electron chi connectivity index (χ3n) is 5.04. The number of hydrogen-bond acceptors (Lipinski definition) is 4. The molecule has 0 bridgehead atoms. The van der Waals surface area contributed by atoms with E-state index < -0.39 is 24.0 Å². The highest BCUT2D eigenvalue weighted by Gasteiger charge is 2.31. The molecule has 0 saturated carbocycles. The zero-order valence-corrected chi connectivity index (χ0v) is 15.5. The van der Waals surface area contributed by atoms with Crippen molar-refractivity contribution in [3.05, 3.63) is 59.7 Å². The lowest BCUT2D eigenvalue weighted by Gasteiger charge is -2.25. The largest absolute Gasteiger partial charge is 0.480 e. The Labute approximate surface area is 162 Å². The van der Waals surface area contributed by atoms with Gasteiger partial charge in [-0.15, -0.1) is 0 Å². The summed E-state index contributed by atoms with van der Waals surface area (Å²) in [4.78, 5) is 35.8. The third-order valence-corrected chi connectivity index (χ3v) is 5.04. The van der Waals surface area contributed by atoms with Crippen LogP contribution >= 0.6 is 0 Å². The van der Waals surface area contributed by atoms with Gasteiger partial charge in [-0.3, -0.25) is 9.69 Å². The highest BCUT2D eigenvalue weighted by molar-refractivity contribution is 5.82. The number of likely N-dealkylation sites (N-methyl/N-ethyl adjacent to an activating group) is 1. The van der Waals surface area contributed by atoms with Crippen LogP contribution in [0.5, 0.6) is 0 Å². The van der Waals surface area contributed by atoms with Crippen molar-refractivity contribution < 1.29 is 24.2 Å². The number of nitrogens with two attached hydrogens (primary N) is 1.